The molecule has 0 unspecified atom stereocenters. The van der Waals surface area contributed by atoms with E-state index in [0.717, 1.165) is 66.6 Å². The molecule has 2 aliphatic rings. The molecule has 0 radical (unpaired) electrons. The molecule has 0 atom stereocenters. The summed E-state index contributed by atoms with van der Waals surface area (Å²) in [5, 5.41) is 1.39. The molecule has 162 valence electrons. The Morgan fingerprint density at radius 1 is 0.968 bits per heavy atom. The zero-order chi connectivity index (χ0) is 21.5. The van der Waals surface area contributed by atoms with Crippen LogP contribution in [-0.2, 0) is 13.1 Å². The lowest BCUT2D eigenvalue weighted by molar-refractivity contribution is 0.121. The van der Waals surface area contributed by atoms with Crippen molar-refractivity contribution in [1.82, 2.24) is 14.8 Å². The van der Waals surface area contributed by atoms with E-state index in [1.807, 2.05) is 32.0 Å². The number of hydrogen-bond acceptors (Lipinski definition) is 5. The Balaban J connectivity index is 1.26. The Kier molecular flexibility index (Phi) is 5.38. The summed E-state index contributed by atoms with van der Waals surface area (Å²) in [6.07, 6.45) is 0. The Hall–Kier alpha value is -2.54. The number of nitrogens with zero attached hydrogens (tertiary/aromatic N) is 2. The highest BCUT2D eigenvalue weighted by Crippen LogP contribution is 2.33. The first-order valence-electron chi connectivity index (χ1n) is 10.6. The lowest BCUT2D eigenvalue weighted by Gasteiger charge is -2.34. The maximum atomic E-state index is 13.2. The lowest BCUT2D eigenvalue weighted by atomic mass is 10.0. The molecular weight excluding hydrogens is 414 g/mol. The molecule has 2 aromatic carbocycles. The van der Waals surface area contributed by atoms with Crippen LogP contribution in [0.4, 0.5) is 0 Å². The van der Waals surface area contributed by atoms with Crippen LogP contribution in [0, 0.1) is 13.8 Å². The minimum atomic E-state index is 0.105. The molecule has 0 spiro atoms. The van der Waals surface area contributed by atoms with Gasteiger partial charge in [0, 0.05) is 60.9 Å². The smallest absolute Gasteiger partial charge is 0.231 e. The van der Waals surface area contributed by atoms with Crippen molar-refractivity contribution in [2.45, 2.75) is 26.9 Å². The molecule has 0 saturated carbocycles. The maximum absolute atomic E-state index is 13.2. The second kappa shape index (κ2) is 8.19. The Morgan fingerprint density at radius 3 is 2.45 bits per heavy atom. The van der Waals surface area contributed by atoms with E-state index in [4.69, 9.17) is 21.1 Å². The average molecular weight is 440 g/mol. The van der Waals surface area contributed by atoms with Crippen molar-refractivity contribution in [2.24, 2.45) is 0 Å². The van der Waals surface area contributed by atoms with Crippen molar-refractivity contribution >= 4 is 22.5 Å². The average Bonchev–Trinajstić information content (AvgIpc) is 3.23. The number of nitrogens with one attached hydrogen (secondary N) is 1. The quantitative estimate of drug-likeness (QED) is 0.669. The minimum absolute atomic E-state index is 0.105. The largest absolute Gasteiger partial charge is 0.454 e. The van der Waals surface area contributed by atoms with Crippen molar-refractivity contribution in [3.05, 3.63) is 68.0 Å². The molecule has 0 aliphatic carbocycles. The molecule has 3 aromatic rings. The third kappa shape index (κ3) is 3.91. The number of H-pyrrole nitrogens is 1. The van der Waals surface area contributed by atoms with Gasteiger partial charge in [-0.25, -0.2) is 0 Å². The predicted octanol–water partition coefficient (Wildman–Crippen LogP) is 3.84. The summed E-state index contributed by atoms with van der Waals surface area (Å²) < 4.78 is 10.9. The van der Waals surface area contributed by atoms with Gasteiger partial charge in [0.2, 0.25) is 6.79 Å². The number of aromatic amines is 1. The second-order valence-electron chi connectivity index (χ2n) is 8.39. The number of hydrogen-bond donors (Lipinski definition) is 1. The summed E-state index contributed by atoms with van der Waals surface area (Å²) in [4.78, 5) is 21.4. The molecule has 3 heterocycles. The van der Waals surface area contributed by atoms with Crippen LogP contribution in [-0.4, -0.2) is 47.8 Å². The van der Waals surface area contributed by atoms with E-state index in [1.165, 1.54) is 5.56 Å². The van der Waals surface area contributed by atoms with Gasteiger partial charge >= 0.3 is 0 Å². The van der Waals surface area contributed by atoms with Crippen molar-refractivity contribution in [3.63, 3.8) is 0 Å². The van der Waals surface area contributed by atoms with Crippen LogP contribution in [0.25, 0.3) is 10.9 Å². The lowest BCUT2D eigenvalue weighted by Crippen LogP contribution is -2.46. The first-order valence-corrected chi connectivity index (χ1v) is 11.0. The fraction of sp³-hybridized carbons (Fsp3) is 0.375. The summed E-state index contributed by atoms with van der Waals surface area (Å²) in [5.74, 6) is 1.65. The van der Waals surface area contributed by atoms with Gasteiger partial charge in [0.1, 0.15) is 0 Å². The molecule has 2 aliphatic heterocycles. The summed E-state index contributed by atoms with van der Waals surface area (Å²) >= 11 is 6.24. The number of aromatic nitrogens is 1. The molecule has 7 heteroatoms. The zero-order valence-electron chi connectivity index (χ0n) is 17.8. The number of aryl methyl sites for hydroxylation is 2. The number of rotatable bonds is 4. The number of fused-ring (bicyclic) bond motifs is 2. The number of pyridine rings is 1. The van der Waals surface area contributed by atoms with E-state index in [-0.39, 0.29) is 5.43 Å². The van der Waals surface area contributed by atoms with Crippen LogP contribution < -0.4 is 14.9 Å². The van der Waals surface area contributed by atoms with Crippen LogP contribution in [0.2, 0.25) is 5.02 Å². The van der Waals surface area contributed by atoms with Crippen molar-refractivity contribution < 1.29 is 9.47 Å². The van der Waals surface area contributed by atoms with Crippen LogP contribution >= 0.6 is 11.6 Å². The number of ether oxygens (including phenoxy) is 2. The van der Waals surface area contributed by atoms with E-state index in [2.05, 4.69) is 26.9 Å². The maximum Gasteiger partial charge on any atom is 0.231 e. The first kappa shape index (κ1) is 20.4. The van der Waals surface area contributed by atoms with Gasteiger partial charge in [-0.05, 0) is 49.2 Å². The monoisotopic (exact) mass is 439 g/mol. The van der Waals surface area contributed by atoms with Gasteiger partial charge in [0.05, 0.1) is 5.52 Å². The van der Waals surface area contributed by atoms with Gasteiger partial charge in [0.25, 0.3) is 0 Å². The van der Waals surface area contributed by atoms with Gasteiger partial charge in [-0.15, -0.1) is 0 Å². The van der Waals surface area contributed by atoms with E-state index >= 15 is 0 Å². The Bertz CT molecular complexity index is 1200. The molecule has 6 nitrogen and oxygen atoms in total. The Morgan fingerprint density at radius 2 is 1.68 bits per heavy atom. The molecule has 1 N–H and O–H groups in total. The number of piperazine rings is 1. The van der Waals surface area contributed by atoms with E-state index in [9.17, 15) is 4.79 Å². The van der Waals surface area contributed by atoms with Crippen LogP contribution in [0.3, 0.4) is 0 Å². The normalized spacial score (nSPS) is 16.9. The van der Waals surface area contributed by atoms with E-state index in [0.29, 0.717) is 23.7 Å². The van der Waals surface area contributed by atoms with E-state index in [1.54, 1.807) is 0 Å². The molecule has 0 bridgehead atoms. The van der Waals surface area contributed by atoms with Crippen LogP contribution in [0.5, 0.6) is 11.5 Å². The fourth-order valence-corrected chi connectivity index (χ4v) is 4.61. The second-order valence-corrected chi connectivity index (χ2v) is 8.80. The molecule has 31 heavy (non-hydrogen) atoms. The third-order valence-electron chi connectivity index (χ3n) is 6.37. The van der Waals surface area contributed by atoms with Gasteiger partial charge < -0.3 is 14.5 Å². The highest BCUT2D eigenvalue weighted by Gasteiger charge is 2.21. The van der Waals surface area contributed by atoms with Gasteiger partial charge in [-0.1, -0.05) is 17.7 Å². The highest BCUT2D eigenvalue weighted by atomic mass is 35.5. The minimum Gasteiger partial charge on any atom is -0.454 e. The molecule has 1 fully saturated rings. The van der Waals surface area contributed by atoms with Gasteiger partial charge in [-0.3, -0.25) is 14.6 Å². The highest BCUT2D eigenvalue weighted by molar-refractivity contribution is 6.32. The van der Waals surface area contributed by atoms with Crippen molar-refractivity contribution in [3.8, 4) is 11.5 Å². The molecule has 0 amide bonds. The van der Waals surface area contributed by atoms with Crippen molar-refractivity contribution in [1.29, 1.82) is 0 Å². The third-order valence-corrected chi connectivity index (χ3v) is 6.78. The number of benzene rings is 2. The van der Waals surface area contributed by atoms with Crippen LogP contribution in [0.1, 0.15) is 22.4 Å². The molecular formula is C24H26ClN3O3. The summed E-state index contributed by atoms with van der Waals surface area (Å²) in [6.45, 7) is 9.57. The predicted molar refractivity (Wildman–Crippen MR) is 122 cm³/mol. The molecule has 1 aromatic heterocycles. The first-order chi connectivity index (χ1) is 15.0. The summed E-state index contributed by atoms with van der Waals surface area (Å²) in [7, 11) is 0. The van der Waals surface area contributed by atoms with Gasteiger partial charge in [-0.2, -0.15) is 0 Å². The summed E-state index contributed by atoms with van der Waals surface area (Å²) in [5.41, 5.74) is 4.86. The molecule has 5 rings (SSSR count). The number of halogens is 1. The van der Waals surface area contributed by atoms with Crippen LogP contribution in [0.15, 0.2) is 35.1 Å². The zero-order valence-corrected chi connectivity index (χ0v) is 18.6. The summed E-state index contributed by atoms with van der Waals surface area (Å²) in [6, 6.07) is 9.79. The van der Waals surface area contributed by atoms with Gasteiger partial charge in [0.15, 0.2) is 16.9 Å². The van der Waals surface area contributed by atoms with E-state index < -0.39 is 0 Å². The fourth-order valence-electron chi connectivity index (χ4n) is 4.45. The van der Waals surface area contributed by atoms with Crippen molar-refractivity contribution in [2.75, 3.05) is 33.0 Å². The topological polar surface area (TPSA) is 57.8 Å². The SMILES string of the molecule is Cc1[nH]c2c(C)c(Cl)ccc2c(=O)c1CN1CCN(Cc2ccc3c(c2)OCO3)CC1. The Labute approximate surface area is 186 Å². The standard InChI is InChI=1S/C24H26ClN3O3/c1-15-20(25)5-4-18-23(15)26-16(2)19(24(18)29)13-28-9-7-27(8-10-28)12-17-3-6-21-22(11-17)31-14-30-21/h3-6,11H,7-10,12-14H2,1-2H3,(H,26,29). The molecule has 1 saturated heterocycles.